The first-order valence-corrected chi connectivity index (χ1v) is 16.1. The number of halogens is 6. The van der Waals surface area contributed by atoms with Gasteiger partial charge in [-0.05, 0) is 58.1 Å². The summed E-state index contributed by atoms with van der Waals surface area (Å²) in [6.45, 7) is 6.93. The summed E-state index contributed by atoms with van der Waals surface area (Å²) in [7, 11) is -1.37. The zero-order chi connectivity index (χ0) is 28.9. The molecule has 5 aromatic rings. The summed E-state index contributed by atoms with van der Waals surface area (Å²) in [6, 6.07) is 24.9. The lowest BCUT2D eigenvalue weighted by molar-refractivity contribution is -0.143. The molecule has 0 fully saturated rings. The van der Waals surface area contributed by atoms with E-state index in [2.05, 4.69) is 48.9 Å². The highest BCUT2D eigenvalue weighted by Gasteiger charge is 2.37. The summed E-state index contributed by atoms with van der Waals surface area (Å²) in [5, 5.41) is 2.11. The summed E-state index contributed by atoms with van der Waals surface area (Å²) in [6.07, 6.45) is -8.17. The maximum absolute atomic E-state index is 13.3. The fourth-order valence-electron chi connectivity index (χ4n) is 4.60. The molecule has 204 valence electrons. The van der Waals surface area contributed by atoms with Crippen molar-refractivity contribution < 1.29 is 26.3 Å². The summed E-state index contributed by atoms with van der Waals surface area (Å²) < 4.78 is 79.9. The second-order valence-corrected chi connectivity index (χ2v) is 15.9. The van der Waals surface area contributed by atoms with Crippen LogP contribution in [0, 0.1) is 0 Å². The third-order valence-electron chi connectivity index (χ3n) is 6.91. The van der Waals surface area contributed by atoms with Crippen LogP contribution in [0.15, 0.2) is 97.2 Å². The average Bonchev–Trinajstić information content (AvgIpc) is 2.91. The van der Waals surface area contributed by atoms with E-state index >= 15 is 0 Å². The topological polar surface area (TPSA) is 12.9 Å². The number of nitrogens with zero attached hydrogens (tertiary/aromatic N) is 1. The normalized spacial score (nSPS) is 12.6. The van der Waals surface area contributed by atoms with Gasteiger partial charge in [0, 0.05) is 17.1 Å². The Hall–Kier alpha value is -3.91. The molecule has 0 atom stereocenters. The van der Waals surface area contributed by atoms with E-state index in [0.29, 0.717) is 5.52 Å². The molecule has 8 heteroatoms. The number of rotatable bonds is 4. The van der Waals surface area contributed by atoms with Crippen LogP contribution in [-0.2, 0) is 12.4 Å². The van der Waals surface area contributed by atoms with Gasteiger partial charge in [0.1, 0.15) is 0 Å². The lowest BCUT2D eigenvalue weighted by Gasteiger charge is -2.16. The number of fused-ring (bicyclic) bond motifs is 1. The molecule has 5 rings (SSSR count). The third-order valence-corrected chi connectivity index (χ3v) is 8.97. The molecule has 0 bridgehead atoms. The minimum atomic E-state index is -4.91. The maximum Gasteiger partial charge on any atom is 0.416 e. The van der Waals surface area contributed by atoms with Crippen molar-refractivity contribution in [2.45, 2.75) is 32.0 Å². The van der Waals surface area contributed by atoms with Crippen LogP contribution in [0.4, 0.5) is 26.3 Å². The monoisotopic (exact) mass is 565 g/mol. The van der Waals surface area contributed by atoms with Gasteiger partial charge in [0.15, 0.2) is 0 Å². The number of pyridine rings is 1. The Balaban J connectivity index is 1.44. The fourth-order valence-corrected chi connectivity index (χ4v) is 5.76. The van der Waals surface area contributed by atoms with Crippen molar-refractivity contribution in [3.63, 3.8) is 0 Å². The molecule has 0 spiro atoms. The molecule has 0 amide bonds. The van der Waals surface area contributed by atoms with Crippen LogP contribution in [0.2, 0.25) is 19.6 Å². The maximum atomic E-state index is 13.3. The second-order valence-electron chi connectivity index (χ2n) is 10.8. The lowest BCUT2D eigenvalue weighted by atomic mass is 9.97. The Labute approximate surface area is 229 Å². The van der Waals surface area contributed by atoms with Crippen LogP contribution >= 0.6 is 0 Å². The highest BCUT2D eigenvalue weighted by Crippen LogP contribution is 2.39. The molecule has 0 aliphatic carbocycles. The van der Waals surface area contributed by atoms with Crippen molar-refractivity contribution in [3.8, 4) is 33.4 Å². The molecular weight excluding hydrogens is 540 g/mol. The molecule has 1 aromatic heterocycles. The summed E-state index contributed by atoms with van der Waals surface area (Å²) >= 11 is 0. The van der Waals surface area contributed by atoms with E-state index in [0.717, 1.165) is 39.8 Å². The van der Waals surface area contributed by atoms with Crippen molar-refractivity contribution in [3.05, 3.63) is 108 Å². The molecule has 1 nitrogen and oxygen atoms in total. The van der Waals surface area contributed by atoms with Crippen LogP contribution in [-0.4, -0.2) is 13.1 Å². The van der Waals surface area contributed by atoms with Gasteiger partial charge in [0.25, 0.3) is 0 Å². The van der Waals surface area contributed by atoms with E-state index in [9.17, 15) is 26.3 Å². The zero-order valence-electron chi connectivity index (χ0n) is 22.0. The van der Waals surface area contributed by atoms with Gasteiger partial charge in [-0.25, -0.2) is 0 Å². The van der Waals surface area contributed by atoms with Gasteiger partial charge in [0.2, 0.25) is 0 Å². The van der Waals surface area contributed by atoms with Gasteiger partial charge >= 0.3 is 12.4 Å². The quantitative estimate of drug-likeness (QED) is 0.156. The molecule has 1 heterocycles. The van der Waals surface area contributed by atoms with Crippen molar-refractivity contribution in [2.75, 3.05) is 0 Å². The molecule has 4 aromatic carbocycles. The molecule has 0 aliphatic rings. The summed E-state index contributed by atoms with van der Waals surface area (Å²) in [5.41, 5.74) is 1.80. The average molecular weight is 566 g/mol. The van der Waals surface area contributed by atoms with E-state index in [1.54, 1.807) is 12.3 Å². The molecule has 40 heavy (non-hydrogen) atoms. The Morgan fingerprint density at radius 3 is 1.48 bits per heavy atom. The van der Waals surface area contributed by atoms with Crippen molar-refractivity contribution in [1.82, 2.24) is 4.98 Å². The largest absolute Gasteiger partial charge is 0.416 e. The second kappa shape index (κ2) is 9.93. The Kier molecular flexibility index (Phi) is 6.86. The van der Waals surface area contributed by atoms with Crippen molar-refractivity contribution in [1.29, 1.82) is 0 Å². The minimum absolute atomic E-state index is 0.128. The van der Waals surface area contributed by atoms with Gasteiger partial charge < -0.3 is 0 Å². The Bertz CT molecular complexity index is 1650. The minimum Gasteiger partial charge on any atom is -0.256 e. The van der Waals surface area contributed by atoms with Gasteiger partial charge in [-0.1, -0.05) is 85.5 Å². The van der Waals surface area contributed by atoms with Crippen LogP contribution in [0.5, 0.6) is 0 Å². The zero-order valence-corrected chi connectivity index (χ0v) is 23.0. The smallest absolute Gasteiger partial charge is 0.256 e. The van der Waals surface area contributed by atoms with E-state index in [1.807, 2.05) is 30.3 Å². The van der Waals surface area contributed by atoms with Crippen molar-refractivity contribution >= 4 is 24.2 Å². The number of benzene rings is 4. The van der Waals surface area contributed by atoms with Crippen LogP contribution in [0.1, 0.15) is 11.1 Å². The molecule has 0 unspecified atom stereocenters. The standard InChI is InChI=1S/C32H25F6NSi/c1-40(2,3)29-12-10-21(11-13-29)20-4-6-22(7-5-20)26-14-24-9-8-23(17-30(24)39-19-26)25-15-27(31(33,34)35)18-28(16-25)32(36,37)38/h4-19H,1-3H3. The highest BCUT2D eigenvalue weighted by atomic mass is 28.3. The molecule has 0 radical (unpaired) electrons. The summed E-state index contributed by atoms with van der Waals surface area (Å²) in [4.78, 5) is 4.46. The van der Waals surface area contributed by atoms with Gasteiger partial charge in [0.05, 0.1) is 24.7 Å². The molecular formula is C32H25F6NSi. The first-order chi connectivity index (χ1) is 18.7. The number of hydrogen-bond donors (Lipinski definition) is 0. The van der Waals surface area contributed by atoms with Crippen LogP contribution < -0.4 is 5.19 Å². The Morgan fingerprint density at radius 1 is 0.500 bits per heavy atom. The SMILES string of the molecule is C[Si](C)(C)c1ccc(-c2ccc(-c3cnc4cc(-c5cc(C(F)(F)F)cc(C(F)(F)F)c5)ccc4c3)cc2)cc1. The van der Waals surface area contributed by atoms with E-state index in [1.165, 1.54) is 17.3 Å². The first-order valence-electron chi connectivity index (χ1n) is 12.6. The molecule has 0 aliphatic heterocycles. The highest BCUT2D eigenvalue weighted by molar-refractivity contribution is 6.88. The predicted octanol–water partition coefficient (Wildman–Crippen LogP) is 9.82. The van der Waals surface area contributed by atoms with Gasteiger partial charge in [-0.2, -0.15) is 26.3 Å². The van der Waals surface area contributed by atoms with Gasteiger partial charge in [-0.15, -0.1) is 0 Å². The first kappa shape index (κ1) is 27.6. The number of alkyl halides is 6. The fraction of sp³-hybridized carbons (Fsp3) is 0.156. The van der Waals surface area contributed by atoms with E-state index in [-0.39, 0.29) is 17.2 Å². The molecule has 0 saturated carbocycles. The third kappa shape index (κ3) is 5.82. The van der Waals surface area contributed by atoms with E-state index in [4.69, 9.17) is 0 Å². The number of hydrogen-bond acceptors (Lipinski definition) is 1. The Morgan fingerprint density at radius 2 is 0.975 bits per heavy atom. The number of aromatic nitrogens is 1. The molecule has 0 N–H and O–H groups in total. The van der Waals surface area contributed by atoms with Gasteiger partial charge in [-0.3, -0.25) is 4.98 Å². The van der Waals surface area contributed by atoms with Crippen LogP contribution in [0.25, 0.3) is 44.3 Å². The van der Waals surface area contributed by atoms with Crippen molar-refractivity contribution in [2.24, 2.45) is 0 Å². The van der Waals surface area contributed by atoms with Crippen LogP contribution in [0.3, 0.4) is 0 Å². The predicted molar refractivity (Wildman–Crippen MR) is 151 cm³/mol. The lowest BCUT2D eigenvalue weighted by Crippen LogP contribution is -2.37. The molecule has 0 saturated heterocycles. The summed E-state index contributed by atoms with van der Waals surface area (Å²) in [5.74, 6) is 0. The van der Waals surface area contributed by atoms with E-state index < -0.39 is 31.6 Å².